The van der Waals surface area contributed by atoms with Gasteiger partial charge >= 0.3 is 6.09 Å². The fraction of sp³-hybridized carbons (Fsp3) is 0.667. The Labute approximate surface area is 204 Å². The van der Waals surface area contributed by atoms with Crippen LogP contribution in [0.25, 0.3) is 0 Å². The molecule has 7 heteroatoms. The van der Waals surface area contributed by atoms with E-state index < -0.39 is 17.7 Å². The van der Waals surface area contributed by atoms with Crippen LogP contribution >= 0.6 is 0 Å². The Morgan fingerprint density at radius 3 is 2.18 bits per heavy atom. The first-order chi connectivity index (χ1) is 16.2. The molecule has 2 saturated carbocycles. The number of hydrogen-bond acceptors (Lipinski definition) is 4. The van der Waals surface area contributed by atoms with Crippen molar-refractivity contribution >= 4 is 17.9 Å². The first-order valence-corrected chi connectivity index (χ1v) is 12.8. The minimum atomic E-state index is -0.717. The van der Waals surface area contributed by atoms with Gasteiger partial charge in [0.2, 0.25) is 11.8 Å². The van der Waals surface area contributed by atoms with Gasteiger partial charge in [-0.3, -0.25) is 9.59 Å². The first kappa shape index (κ1) is 26.0. The van der Waals surface area contributed by atoms with Crippen molar-refractivity contribution in [1.82, 2.24) is 15.5 Å². The summed E-state index contributed by atoms with van der Waals surface area (Å²) in [5.74, 6) is -0.396. The average molecular weight is 472 g/mol. The molecule has 1 aromatic rings. The summed E-state index contributed by atoms with van der Waals surface area (Å²) in [4.78, 5) is 41.0. The standard InChI is InChI=1S/C27H41N3O4/c1-5-19-14-16-20(17-15-19)24(25(32)29-21-10-7-6-8-11-21)30(22-12-9-13-22)23(31)18-28-26(33)34-27(2,3)4/h14-17,21-22,24H,5-13,18H2,1-4H3,(H,28,33)(H,29,32). The fourth-order valence-electron chi connectivity index (χ4n) is 4.68. The van der Waals surface area contributed by atoms with Crippen molar-refractivity contribution in [3.8, 4) is 0 Å². The minimum Gasteiger partial charge on any atom is -0.444 e. The van der Waals surface area contributed by atoms with Crippen LogP contribution in [0.5, 0.6) is 0 Å². The molecule has 7 nitrogen and oxygen atoms in total. The van der Waals surface area contributed by atoms with Crippen molar-refractivity contribution in [1.29, 1.82) is 0 Å². The van der Waals surface area contributed by atoms with Crippen LogP contribution in [0, 0.1) is 0 Å². The molecule has 3 amide bonds. The third-order valence-corrected chi connectivity index (χ3v) is 6.72. The van der Waals surface area contributed by atoms with Crippen LogP contribution in [-0.4, -0.2) is 47.0 Å². The molecule has 3 rings (SSSR count). The van der Waals surface area contributed by atoms with Gasteiger partial charge in [-0.2, -0.15) is 0 Å². The summed E-state index contributed by atoms with van der Waals surface area (Å²) in [5.41, 5.74) is 1.34. The summed E-state index contributed by atoms with van der Waals surface area (Å²) in [6.45, 7) is 7.22. The highest BCUT2D eigenvalue weighted by molar-refractivity contribution is 5.91. The summed E-state index contributed by atoms with van der Waals surface area (Å²) >= 11 is 0. The zero-order valence-corrected chi connectivity index (χ0v) is 21.2. The molecule has 0 radical (unpaired) electrons. The maximum absolute atomic E-state index is 13.7. The summed E-state index contributed by atoms with van der Waals surface area (Å²) in [5, 5.41) is 5.82. The lowest BCUT2D eigenvalue weighted by molar-refractivity contribution is -0.145. The third kappa shape index (κ3) is 7.21. The van der Waals surface area contributed by atoms with Crippen LogP contribution in [0.3, 0.4) is 0 Å². The summed E-state index contributed by atoms with van der Waals surface area (Å²) in [7, 11) is 0. The molecule has 2 N–H and O–H groups in total. The topological polar surface area (TPSA) is 87.7 Å². The average Bonchev–Trinajstić information content (AvgIpc) is 2.75. The molecule has 0 bridgehead atoms. The van der Waals surface area contributed by atoms with Crippen molar-refractivity contribution in [3.63, 3.8) is 0 Å². The van der Waals surface area contributed by atoms with Gasteiger partial charge in [-0.05, 0) is 70.4 Å². The number of nitrogens with one attached hydrogen (secondary N) is 2. The Kier molecular flexibility index (Phi) is 8.97. The molecule has 0 aliphatic heterocycles. The second-order valence-corrected chi connectivity index (χ2v) is 10.6. The van der Waals surface area contributed by atoms with Gasteiger partial charge in [-0.1, -0.05) is 50.5 Å². The van der Waals surface area contributed by atoms with Gasteiger partial charge in [0.15, 0.2) is 0 Å². The van der Waals surface area contributed by atoms with Gasteiger partial charge in [0, 0.05) is 12.1 Å². The van der Waals surface area contributed by atoms with E-state index >= 15 is 0 Å². The van der Waals surface area contributed by atoms with E-state index in [2.05, 4.69) is 17.6 Å². The number of aryl methyl sites for hydroxylation is 1. The molecule has 2 aliphatic rings. The van der Waals surface area contributed by atoms with Crippen molar-refractivity contribution in [2.24, 2.45) is 0 Å². The molecule has 2 fully saturated rings. The van der Waals surface area contributed by atoms with Crippen LogP contribution in [-0.2, 0) is 20.7 Å². The van der Waals surface area contributed by atoms with Crippen molar-refractivity contribution in [3.05, 3.63) is 35.4 Å². The number of rotatable bonds is 8. The first-order valence-electron chi connectivity index (χ1n) is 12.8. The summed E-state index contributed by atoms with van der Waals surface area (Å²) < 4.78 is 5.29. The van der Waals surface area contributed by atoms with E-state index in [4.69, 9.17) is 4.74 Å². The number of carbonyl (C=O) groups excluding carboxylic acids is 3. The lowest BCUT2D eigenvalue weighted by atomic mass is 9.88. The van der Waals surface area contributed by atoms with E-state index in [-0.39, 0.29) is 30.4 Å². The SMILES string of the molecule is CCc1ccc(C(C(=O)NC2CCCCC2)N(C(=O)CNC(=O)OC(C)(C)C)C2CCC2)cc1. The molecular formula is C27H41N3O4. The Morgan fingerprint density at radius 2 is 1.65 bits per heavy atom. The van der Waals surface area contributed by atoms with Gasteiger partial charge in [0.25, 0.3) is 0 Å². The van der Waals surface area contributed by atoms with Gasteiger partial charge in [-0.25, -0.2) is 4.79 Å². The molecular weight excluding hydrogens is 430 g/mol. The van der Waals surface area contributed by atoms with Gasteiger partial charge in [0.05, 0.1) is 0 Å². The predicted octanol–water partition coefficient (Wildman–Crippen LogP) is 4.64. The quantitative estimate of drug-likeness (QED) is 0.578. The van der Waals surface area contributed by atoms with Gasteiger partial charge < -0.3 is 20.3 Å². The third-order valence-electron chi connectivity index (χ3n) is 6.72. The van der Waals surface area contributed by atoms with Gasteiger partial charge in [-0.15, -0.1) is 0 Å². The Bertz CT molecular complexity index is 836. The Hall–Kier alpha value is -2.57. The lowest BCUT2D eigenvalue weighted by Gasteiger charge is -2.42. The number of carbonyl (C=O) groups is 3. The fourth-order valence-corrected chi connectivity index (χ4v) is 4.68. The Morgan fingerprint density at radius 1 is 1.00 bits per heavy atom. The number of alkyl carbamates (subject to hydrolysis) is 1. The predicted molar refractivity (Wildman–Crippen MR) is 132 cm³/mol. The normalized spacial score (nSPS) is 17.9. The molecule has 2 aliphatic carbocycles. The van der Waals surface area contributed by atoms with E-state index in [1.54, 1.807) is 25.7 Å². The van der Waals surface area contributed by atoms with E-state index in [0.717, 1.165) is 56.9 Å². The summed E-state index contributed by atoms with van der Waals surface area (Å²) in [6, 6.07) is 7.40. The van der Waals surface area contributed by atoms with Crippen LogP contribution in [0.2, 0.25) is 0 Å². The Balaban J connectivity index is 1.83. The largest absolute Gasteiger partial charge is 0.444 e. The van der Waals surface area contributed by atoms with Crippen molar-refractivity contribution in [2.45, 2.75) is 109 Å². The zero-order valence-electron chi connectivity index (χ0n) is 21.2. The zero-order chi connectivity index (χ0) is 24.7. The molecule has 0 heterocycles. The molecule has 1 atom stereocenters. The number of nitrogens with zero attached hydrogens (tertiary/aromatic N) is 1. The highest BCUT2D eigenvalue weighted by atomic mass is 16.6. The van der Waals surface area contributed by atoms with Gasteiger partial charge in [0.1, 0.15) is 18.2 Å². The second-order valence-electron chi connectivity index (χ2n) is 10.6. The van der Waals surface area contributed by atoms with E-state index in [9.17, 15) is 14.4 Å². The van der Waals surface area contributed by atoms with E-state index in [0.29, 0.717) is 0 Å². The second kappa shape index (κ2) is 11.7. The molecule has 34 heavy (non-hydrogen) atoms. The summed E-state index contributed by atoms with van der Waals surface area (Å²) in [6.07, 6.45) is 8.41. The smallest absolute Gasteiger partial charge is 0.408 e. The number of ether oxygens (including phenoxy) is 1. The lowest BCUT2D eigenvalue weighted by Crippen LogP contribution is -2.54. The van der Waals surface area contributed by atoms with Crippen molar-refractivity contribution in [2.75, 3.05) is 6.54 Å². The number of hydrogen-bond donors (Lipinski definition) is 2. The minimum absolute atomic E-state index is 0.0131. The maximum atomic E-state index is 13.7. The van der Waals surface area contributed by atoms with Crippen LogP contribution < -0.4 is 10.6 Å². The number of benzene rings is 1. The van der Waals surface area contributed by atoms with E-state index in [1.165, 1.54) is 12.0 Å². The number of amides is 3. The monoisotopic (exact) mass is 471 g/mol. The highest BCUT2D eigenvalue weighted by Gasteiger charge is 2.39. The molecule has 188 valence electrons. The van der Waals surface area contributed by atoms with Crippen LogP contribution in [0.4, 0.5) is 4.79 Å². The van der Waals surface area contributed by atoms with E-state index in [1.807, 2.05) is 24.3 Å². The molecule has 0 aromatic heterocycles. The molecule has 0 spiro atoms. The van der Waals surface area contributed by atoms with Crippen LogP contribution in [0.1, 0.15) is 96.2 Å². The maximum Gasteiger partial charge on any atom is 0.408 e. The van der Waals surface area contributed by atoms with Crippen LogP contribution in [0.15, 0.2) is 24.3 Å². The molecule has 1 aromatic carbocycles. The molecule has 0 saturated heterocycles. The van der Waals surface area contributed by atoms with Crippen molar-refractivity contribution < 1.29 is 19.1 Å². The highest BCUT2D eigenvalue weighted by Crippen LogP contribution is 2.33. The molecule has 1 unspecified atom stereocenters.